The molecule has 27 heavy (non-hydrogen) atoms. The largest absolute Gasteiger partial charge is 0.453 e. The lowest BCUT2D eigenvalue weighted by Crippen LogP contribution is -2.03. The van der Waals surface area contributed by atoms with E-state index in [0.717, 1.165) is 5.39 Å². The molecule has 9 heteroatoms. The minimum absolute atomic E-state index is 0.0117. The van der Waals surface area contributed by atoms with Gasteiger partial charge in [-0.2, -0.15) is 4.98 Å². The second-order valence-corrected chi connectivity index (χ2v) is 5.68. The topological polar surface area (TPSA) is 122 Å². The van der Waals surface area contributed by atoms with Crippen molar-refractivity contribution in [3.05, 3.63) is 60.3 Å². The molecule has 0 unspecified atom stereocenters. The molecule has 0 aliphatic heterocycles. The number of hydrogen-bond donors (Lipinski definition) is 4. The van der Waals surface area contributed by atoms with Gasteiger partial charge in [0, 0.05) is 30.2 Å². The number of H-pyrrole nitrogens is 1. The summed E-state index contributed by atoms with van der Waals surface area (Å²) in [6.07, 6.45) is 3.32. The van der Waals surface area contributed by atoms with Crippen LogP contribution in [0.3, 0.4) is 0 Å². The number of benzene rings is 1. The predicted molar refractivity (Wildman–Crippen MR) is 98.2 cm³/mol. The third-order valence-corrected chi connectivity index (χ3v) is 3.80. The molecule has 0 fully saturated rings. The maximum Gasteiger partial charge on any atom is 0.222 e. The van der Waals surface area contributed by atoms with E-state index in [9.17, 15) is 9.50 Å². The monoisotopic (exact) mass is 366 g/mol. The van der Waals surface area contributed by atoms with Crippen molar-refractivity contribution in [2.45, 2.75) is 6.61 Å². The Morgan fingerprint density at radius 3 is 2.85 bits per heavy atom. The summed E-state index contributed by atoms with van der Waals surface area (Å²) in [5.74, 6) is 0.384. The average Bonchev–Trinajstić information content (AvgIpc) is 3.13. The molecular formula is C18H15FN6O2. The maximum atomic E-state index is 14.5. The zero-order chi connectivity index (χ0) is 18.8. The summed E-state index contributed by atoms with van der Waals surface area (Å²) in [5.41, 5.74) is 7.06. The molecule has 3 heterocycles. The van der Waals surface area contributed by atoms with Crippen LogP contribution in [0, 0.1) is 5.82 Å². The zero-order valence-electron chi connectivity index (χ0n) is 14.0. The number of aromatic amines is 1. The second kappa shape index (κ2) is 6.89. The van der Waals surface area contributed by atoms with Crippen molar-refractivity contribution < 1.29 is 14.2 Å². The highest BCUT2D eigenvalue weighted by molar-refractivity contribution is 5.82. The molecule has 0 radical (unpaired) electrons. The van der Waals surface area contributed by atoms with E-state index < -0.39 is 5.82 Å². The molecule has 0 saturated carbocycles. The summed E-state index contributed by atoms with van der Waals surface area (Å²) in [7, 11) is 0. The number of rotatable bonds is 5. The minimum atomic E-state index is -0.551. The Labute approximate surface area is 152 Å². The van der Waals surface area contributed by atoms with Crippen LogP contribution in [0.5, 0.6) is 11.5 Å². The molecule has 4 rings (SSSR count). The fourth-order valence-electron chi connectivity index (χ4n) is 2.62. The third-order valence-electron chi connectivity index (χ3n) is 3.80. The van der Waals surface area contributed by atoms with Gasteiger partial charge in [0.1, 0.15) is 17.2 Å². The van der Waals surface area contributed by atoms with E-state index in [2.05, 4.69) is 25.3 Å². The lowest BCUT2D eigenvalue weighted by Gasteiger charge is -2.11. The fourth-order valence-corrected chi connectivity index (χ4v) is 2.62. The van der Waals surface area contributed by atoms with Crippen LogP contribution < -0.4 is 15.8 Å². The average molecular weight is 366 g/mol. The van der Waals surface area contributed by atoms with Gasteiger partial charge in [-0.05, 0) is 24.3 Å². The Bertz CT molecular complexity index is 1110. The van der Waals surface area contributed by atoms with Crippen molar-refractivity contribution in [2.24, 2.45) is 0 Å². The highest BCUT2D eigenvalue weighted by atomic mass is 19.1. The zero-order valence-corrected chi connectivity index (χ0v) is 14.0. The van der Waals surface area contributed by atoms with E-state index in [1.54, 1.807) is 24.5 Å². The number of fused-ring (bicyclic) bond motifs is 1. The number of nitrogens with two attached hydrogens (primary N) is 1. The van der Waals surface area contributed by atoms with Crippen LogP contribution in [0.15, 0.2) is 48.8 Å². The number of aliphatic hydroxyl groups excluding tert-OH is 1. The first-order valence-electron chi connectivity index (χ1n) is 8.03. The van der Waals surface area contributed by atoms with E-state index >= 15 is 0 Å². The summed E-state index contributed by atoms with van der Waals surface area (Å²) >= 11 is 0. The number of hydrogen-bond acceptors (Lipinski definition) is 7. The van der Waals surface area contributed by atoms with Crippen LogP contribution in [0.1, 0.15) is 5.69 Å². The normalized spacial score (nSPS) is 10.9. The van der Waals surface area contributed by atoms with Gasteiger partial charge in [-0.25, -0.2) is 14.4 Å². The molecular weight excluding hydrogens is 351 g/mol. The Morgan fingerprint density at radius 2 is 2.04 bits per heavy atom. The molecule has 3 aromatic heterocycles. The second-order valence-electron chi connectivity index (χ2n) is 5.68. The van der Waals surface area contributed by atoms with Crippen molar-refractivity contribution in [3.8, 4) is 11.5 Å². The van der Waals surface area contributed by atoms with Crippen molar-refractivity contribution in [3.63, 3.8) is 0 Å². The number of halogens is 1. The van der Waals surface area contributed by atoms with Crippen LogP contribution in [0.4, 0.5) is 21.8 Å². The number of pyridine rings is 1. The lowest BCUT2D eigenvalue weighted by molar-refractivity contribution is 0.277. The van der Waals surface area contributed by atoms with Gasteiger partial charge in [-0.1, -0.05) is 0 Å². The van der Waals surface area contributed by atoms with Crippen molar-refractivity contribution in [2.75, 3.05) is 11.1 Å². The van der Waals surface area contributed by atoms with Gasteiger partial charge in [0.05, 0.1) is 17.7 Å². The fraction of sp³-hybridized carbons (Fsp3) is 0.0556. The number of aromatic nitrogens is 4. The number of ether oxygens (including phenoxy) is 1. The maximum absolute atomic E-state index is 14.5. The van der Waals surface area contributed by atoms with Gasteiger partial charge in [-0.3, -0.25) is 0 Å². The van der Waals surface area contributed by atoms with Crippen LogP contribution in [0.2, 0.25) is 0 Å². The summed E-state index contributed by atoms with van der Waals surface area (Å²) in [6.45, 7) is -0.276. The highest BCUT2D eigenvalue weighted by Gasteiger charge is 2.10. The number of nitrogens with one attached hydrogen (secondary N) is 2. The Morgan fingerprint density at radius 1 is 1.15 bits per heavy atom. The molecule has 0 bridgehead atoms. The lowest BCUT2D eigenvalue weighted by atomic mass is 10.2. The van der Waals surface area contributed by atoms with Crippen molar-refractivity contribution >= 4 is 28.5 Å². The highest BCUT2D eigenvalue weighted by Crippen LogP contribution is 2.31. The van der Waals surface area contributed by atoms with Crippen LogP contribution in [0.25, 0.3) is 11.0 Å². The quantitative estimate of drug-likeness (QED) is 0.428. The summed E-state index contributed by atoms with van der Waals surface area (Å²) in [4.78, 5) is 15.0. The van der Waals surface area contributed by atoms with Gasteiger partial charge in [-0.15, -0.1) is 0 Å². The number of nitrogen functional groups attached to an aromatic ring is 1. The summed E-state index contributed by atoms with van der Waals surface area (Å²) in [6, 6.07) is 9.44. The van der Waals surface area contributed by atoms with E-state index in [-0.39, 0.29) is 18.3 Å². The molecule has 5 N–H and O–H groups in total. The minimum Gasteiger partial charge on any atom is -0.453 e. The van der Waals surface area contributed by atoms with Crippen molar-refractivity contribution in [1.82, 2.24) is 19.9 Å². The van der Waals surface area contributed by atoms with E-state index in [1.807, 2.05) is 6.07 Å². The first kappa shape index (κ1) is 16.7. The third kappa shape index (κ3) is 3.48. The Kier molecular flexibility index (Phi) is 4.27. The Balaban J connectivity index is 1.58. The van der Waals surface area contributed by atoms with Gasteiger partial charge in [0.15, 0.2) is 11.6 Å². The standard InChI is InChI=1S/C18H15FN6O2/c19-13-7-10(23-16-8-11(9-26)24-18(20)25-16)1-2-15(13)27-14-4-6-22-17-12(14)3-5-21-17/h1-8,26H,9H2,(H,21,22)(H3,20,23,24,25). The molecule has 136 valence electrons. The first-order valence-corrected chi connectivity index (χ1v) is 8.03. The van der Waals surface area contributed by atoms with Crippen LogP contribution in [-0.4, -0.2) is 25.0 Å². The molecule has 1 aromatic carbocycles. The van der Waals surface area contributed by atoms with E-state index in [4.69, 9.17) is 10.5 Å². The molecule has 0 atom stereocenters. The SMILES string of the molecule is Nc1nc(CO)cc(Nc2ccc(Oc3ccnc4[nH]ccc34)c(F)c2)n1. The molecule has 0 aliphatic rings. The van der Waals surface area contributed by atoms with Gasteiger partial charge in [0.2, 0.25) is 5.95 Å². The van der Waals surface area contributed by atoms with Gasteiger partial charge in [0.25, 0.3) is 0 Å². The van der Waals surface area contributed by atoms with E-state index in [0.29, 0.717) is 28.6 Å². The summed E-state index contributed by atoms with van der Waals surface area (Å²) < 4.78 is 20.2. The molecule has 0 amide bonds. The van der Waals surface area contributed by atoms with Crippen molar-refractivity contribution in [1.29, 1.82) is 0 Å². The molecule has 8 nitrogen and oxygen atoms in total. The first-order chi connectivity index (χ1) is 13.1. The number of aliphatic hydroxyl groups is 1. The smallest absolute Gasteiger partial charge is 0.222 e. The van der Waals surface area contributed by atoms with E-state index in [1.165, 1.54) is 18.2 Å². The molecule has 4 aromatic rings. The van der Waals surface area contributed by atoms with Gasteiger partial charge >= 0.3 is 0 Å². The van der Waals surface area contributed by atoms with Crippen LogP contribution in [-0.2, 0) is 6.61 Å². The molecule has 0 saturated heterocycles. The van der Waals surface area contributed by atoms with Crippen LogP contribution >= 0.6 is 0 Å². The number of nitrogens with zero attached hydrogens (tertiary/aromatic N) is 3. The Hall–Kier alpha value is -3.72. The molecule has 0 aliphatic carbocycles. The predicted octanol–water partition coefficient (Wildman–Crippen LogP) is 3.10. The molecule has 0 spiro atoms. The number of anilines is 3. The van der Waals surface area contributed by atoms with Gasteiger partial charge < -0.3 is 25.9 Å². The summed E-state index contributed by atoms with van der Waals surface area (Å²) in [5, 5.41) is 12.9.